The number of nitrogens with zero attached hydrogens (tertiary/aromatic N) is 2. The van der Waals surface area contributed by atoms with Crippen LogP contribution in [0.5, 0.6) is 0 Å². The predicted octanol–water partition coefficient (Wildman–Crippen LogP) is 0.223. The van der Waals surface area contributed by atoms with E-state index in [0.717, 1.165) is 0 Å². The highest BCUT2D eigenvalue weighted by molar-refractivity contribution is 5.87. The van der Waals surface area contributed by atoms with E-state index in [1.165, 1.54) is 0 Å². The second kappa shape index (κ2) is 5.29. The number of aromatic nitrogens is 2. The van der Waals surface area contributed by atoms with E-state index >= 15 is 0 Å². The Morgan fingerprint density at radius 3 is 2.80 bits per heavy atom. The third kappa shape index (κ3) is 3.19. The first-order valence-electron chi connectivity index (χ1n) is 4.86. The Hall–Kier alpha value is -1.65. The molecule has 15 heavy (non-hydrogen) atoms. The van der Waals surface area contributed by atoms with Crippen LogP contribution >= 0.6 is 0 Å². The van der Waals surface area contributed by atoms with E-state index in [-0.39, 0.29) is 11.7 Å². The largest absolute Gasteiger partial charge is 0.347 e. The SMILES string of the molecule is CC(C)C(=O)[C@H](Cn1cccn1)NC=O. The van der Waals surface area contributed by atoms with E-state index in [2.05, 4.69) is 10.4 Å². The third-order valence-electron chi connectivity index (χ3n) is 2.11. The van der Waals surface area contributed by atoms with Crippen molar-refractivity contribution < 1.29 is 9.59 Å². The molecule has 0 bridgehead atoms. The number of rotatable bonds is 6. The van der Waals surface area contributed by atoms with Crippen LogP contribution in [0.3, 0.4) is 0 Å². The van der Waals surface area contributed by atoms with Gasteiger partial charge in [-0.05, 0) is 6.07 Å². The van der Waals surface area contributed by atoms with Crippen molar-refractivity contribution in [3.63, 3.8) is 0 Å². The molecule has 1 aromatic rings. The van der Waals surface area contributed by atoms with Gasteiger partial charge in [-0.25, -0.2) is 0 Å². The maximum absolute atomic E-state index is 11.7. The van der Waals surface area contributed by atoms with Crippen LogP contribution in [0, 0.1) is 5.92 Å². The molecule has 1 heterocycles. The van der Waals surface area contributed by atoms with Crippen LogP contribution in [-0.4, -0.2) is 28.0 Å². The summed E-state index contributed by atoms with van der Waals surface area (Å²) in [6, 6.07) is 1.28. The van der Waals surface area contributed by atoms with E-state index in [4.69, 9.17) is 0 Å². The molecule has 5 heteroatoms. The molecule has 1 rings (SSSR count). The maximum atomic E-state index is 11.7. The first-order valence-corrected chi connectivity index (χ1v) is 4.86. The van der Waals surface area contributed by atoms with E-state index in [1.807, 2.05) is 13.8 Å². The monoisotopic (exact) mass is 209 g/mol. The molecular formula is C10H15N3O2. The molecule has 1 N–H and O–H groups in total. The molecule has 5 nitrogen and oxygen atoms in total. The summed E-state index contributed by atoms with van der Waals surface area (Å²) in [6.07, 6.45) is 3.94. The zero-order valence-electron chi connectivity index (χ0n) is 8.88. The lowest BCUT2D eigenvalue weighted by Gasteiger charge is -2.16. The molecule has 0 saturated carbocycles. The van der Waals surface area contributed by atoms with E-state index in [1.54, 1.807) is 23.1 Å². The van der Waals surface area contributed by atoms with Gasteiger partial charge in [-0.1, -0.05) is 13.8 Å². The summed E-state index contributed by atoms with van der Waals surface area (Å²) in [5.41, 5.74) is 0. The van der Waals surface area contributed by atoms with Crippen LogP contribution in [0.1, 0.15) is 13.8 Å². The molecule has 0 saturated heterocycles. The molecule has 0 radical (unpaired) electrons. The van der Waals surface area contributed by atoms with Crippen molar-refractivity contribution in [1.29, 1.82) is 0 Å². The Balaban J connectivity index is 2.66. The van der Waals surface area contributed by atoms with E-state index < -0.39 is 6.04 Å². The van der Waals surface area contributed by atoms with Crippen LogP contribution in [-0.2, 0) is 16.1 Å². The average Bonchev–Trinajstić information content (AvgIpc) is 2.68. The third-order valence-corrected chi connectivity index (χ3v) is 2.11. The summed E-state index contributed by atoms with van der Waals surface area (Å²) in [5, 5.41) is 6.50. The lowest BCUT2D eigenvalue weighted by atomic mass is 10.0. The van der Waals surface area contributed by atoms with Gasteiger partial charge in [-0.3, -0.25) is 14.3 Å². The van der Waals surface area contributed by atoms with Crippen LogP contribution in [0.15, 0.2) is 18.5 Å². The smallest absolute Gasteiger partial charge is 0.207 e. The lowest BCUT2D eigenvalue weighted by Crippen LogP contribution is -2.41. The Morgan fingerprint density at radius 1 is 1.60 bits per heavy atom. The zero-order chi connectivity index (χ0) is 11.3. The molecule has 0 unspecified atom stereocenters. The molecule has 0 spiro atoms. The number of ketones is 1. The summed E-state index contributed by atoms with van der Waals surface area (Å²) in [4.78, 5) is 22.1. The van der Waals surface area contributed by atoms with Gasteiger partial charge in [-0.15, -0.1) is 0 Å². The Bertz CT molecular complexity index is 319. The Kier molecular flexibility index (Phi) is 4.03. The molecule has 0 fully saturated rings. The molecule has 1 aromatic heterocycles. The number of amides is 1. The second-order valence-electron chi connectivity index (χ2n) is 3.62. The number of hydrogen-bond donors (Lipinski definition) is 1. The highest BCUT2D eigenvalue weighted by Crippen LogP contribution is 2.02. The summed E-state index contributed by atoms with van der Waals surface area (Å²) >= 11 is 0. The van der Waals surface area contributed by atoms with Crippen molar-refractivity contribution in [2.45, 2.75) is 26.4 Å². The van der Waals surface area contributed by atoms with Gasteiger partial charge in [0.15, 0.2) is 5.78 Å². The first-order chi connectivity index (χ1) is 7.15. The minimum atomic E-state index is -0.498. The number of carbonyl (C=O) groups is 2. The summed E-state index contributed by atoms with van der Waals surface area (Å²) in [7, 11) is 0. The Morgan fingerprint density at radius 2 is 2.33 bits per heavy atom. The maximum Gasteiger partial charge on any atom is 0.207 e. The van der Waals surface area contributed by atoms with Gasteiger partial charge >= 0.3 is 0 Å². The zero-order valence-corrected chi connectivity index (χ0v) is 8.88. The number of nitrogens with one attached hydrogen (secondary N) is 1. The number of carbonyl (C=O) groups excluding carboxylic acids is 2. The molecular weight excluding hydrogens is 194 g/mol. The standard InChI is InChI=1S/C10H15N3O2/c1-8(2)10(15)9(11-7-14)6-13-5-3-4-12-13/h3-5,7-9H,6H2,1-2H3,(H,11,14)/t9-/m0/s1. The second-order valence-corrected chi connectivity index (χ2v) is 3.62. The van der Waals surface area contributed by atoms with Crippen molar-refractivity contribution in [3.05, 3.63) is 18.5 Å². The minimum Gasteiger partial charge on any atom is -0.347 e. The molecule has 0 aliphatic heterocycles. The van der Waals surface area contributed by atoms with Crippen molar-refractivity contribution in [1.82, 2.24) is 15.1 Å². The topological polar surface area (TPSA) is 64.0 Å². The highest BCUT2D eigenvalue weighted by Gasteiger charge is 2.20. The number of hydrogen-bond acceptors (Lipinski definition) is 3. The van der Waals surface area contributed by atoms with Gasteiger partial charge in [0.1, 0.15) is 6.04 Å². The minimum absolute atomic E-state index is 0.0117. The summed E-state index contributed by atoms with van der Waals surface area (Å²) < 4.78 is 1.63. The van der Waals surface area contributed by atoms with Crippen LogP contribution in [0.25, 0.3) is 0 Å². The fraction of sp³-hybridized carbons (Fsp3) is 0.500. The molecule has 0 aromatic carbocycles. The quantitative estimate of drug-likeness (QED) is 0.682. The first kappa shape index (κ1) is 11.4. The van der Waals surface area contributed by atoms with Gasteiger partial charge in [-0.2, -0.15) is 5.10 Å². The Labute approximate surface area is 88.5 Å². The van der Waals surface area contributed by atoms with Crippen molar-refractivity contribution in [3.8, 4) is 0 Å². The van der Waals surface area contributed by atoms with Crippen LogP contribution < -0.4 is 5.32 Å². The van der Waals surface area contributed by atoms with E-state index in [9.17, 15) is 9.59 Å². The molecule has 1 amide bonds. The van der Waals surface area contributed by atoms with Gasteiger partial charge in [0, 0.05) is 18.3 Å². The van der Waals surface area contributed by atoms with Gasteiger partial charge in [0.05, 0.1) is 6.54 Å². The summed E-state index contributed by atoms with van der Waals surface area (Å²) in [6.45, 7) is 4.00. The van der Waals surface area contributed by atoms with Crippen molar-refractivity contribution in [2.24, 2.45) is 5.92 Å². The van der Waals surface area contributed by atoms with E-state index in [0.29, 0.717) is 13.0 Å². The van der Waals surface area contributed by atoms with Gasteiger partial charge in [0.25, 0.3) is 0 Å². The fourth-order valence-electron chi connectivity index (χ4n) is 1.30. The molecule has 0 aliphatic carbocycles. The predicted molar refractivity (Wildman–Crippen MR) is 55.1 cm³/mol. The normalized spacial score (nSPS) is 12.5. The molecule has 0 aliphatic rings. The van der Waals surface area contributed by atoms with Gasteiger partial charge in [0.2, 0.25) is 6.41 Å². The average molecular weight is 209 g/mol. The summed E-state index contributed by atoms with van der Waals surface area (Å²) in [5.74, 6) is -0.0874. The van der Waals surface area contributed by atoms with Crippen molar-refractivity contribution >= 4 is 12.2 Å². The molecule has 82 valence electrons. The van der Waals surface area contributed by atoms with Crippen molar-refractivity contribution in [2.75, 3.05) is 0 Å². The van der Waals surface area contributed by atoms with Crippen LogP contribution in [0.2, 0.25) is 0 Å². The highest BCUT2D eigenvalue weighted by atomic mass is 16.1. The number of Topliss-reactive ketones (excluding diaryl/α,β-unsaturated/α-hetero) is 1. The fourth-order valence-corrected chi connectivity index (χ4v) is 1.30. The van der Waals surface area contributed by atoms with Gasteiger partial charge < -0.3 is 5.32 Å². The lowest BCUT2D eigenvalue weighted by molar-refractivity contribution is -0.126. The van der Waals surface area contributed by atoms with Crippen LogP contribution in [0.4, 0.5) is 0 Å². The molecule has 1 atom stereocenters.